The summed E-state index contributed by atoms with van der Waals surface area (Å²) in [6.45, 7) is 11.2. The molecule has 0 aromatic carbocycles. The van der Waals surface area contributed by atoms with Gasteiger partial charge in [-0.2, -0.15) is 4.98 Å². The van der Waals surface area contributed by atoms with Crippen molar-refractivity contribution < 1.29 is 4.74 Å². The van der Waals surface area contributed by atoms with Crippen LogP contribution in [0.1, 0.15) is 52.8 Å². The van der Waals surface area contributed by atoms with Crippen LogP contribution in [-0.4, -0.2) is 48.7 Å². The Hall–Kier alpha value is -1.36. The summed E-state index contributed by atoms with van der Waals surface area (Å²) >= 11 is 0. The van der Waals surface area contributed by atoms with Crippen LogP contribution in [0.5, 0.6) is 5.88 Å². The van der Waals surface area contributed by atoms with Gasteiger partial charge in [0.05, 0.1) is 6.61 Å². The summed E-state index contributed by atoms with van der Waals surface area (Å²) in [6.07, 6.45) is 3.24. The molecule has 0 saturated heterocycles. The predicted octanol–water partition coefficient (Wildman–Crippen LogP) is 3.32. The average Bonchev–Trinajstić information content (AvgIpc) is 2.43. The lowest BCUT2D eigenvalue weighted by Crippen LogP contribution is -2.19. The minimum Gasteiger partial charge on any atom is -0.478 e. The zero-order valence-corrected chi connectivity index (χ0v) is 15.1. The summed E-state index contributed by atoms with van der Waals surface area (Å²) in [7, 11) is 4.17. The molecule has 0 saturated carbocycles. The van der Waals surface area contributed by atoms with Crippen molar-refractivity contribution in [1.29, 1.82) is 0 Å². The van der Waals surface area contributed by atoms with E-state index in [1.807, 2.05) is 6.07 Å². The molecule has 1 heterocycles. The van der Waals surface area contributed by atoms with Gasteiger partial charge in [0.15, 0.2) is 0 Å². The molecule has 0 bridgehead atoms. The summed E-state index contributed by atoms with van der Waals surface area (Å²) in [4.78, 5) is 11.4. The van der Waals surface area contributed by atoms with E-state index in [0.29, 0.717) is 12.5 Å². The maximum Gasteiger partial charge on any atom is 0.218 e. The molecule has 1 aromatic rings. The van der Waals surface area contributed by atoms with Crippen LogP contribution in [0.3, 0.4) is 0 Å². The summed E-state index contributed by atoms with van der Waals surface area (Å²) in [5.41, 5.74) is -0.0931. The van der Waals surface area contributed by atoms with E-state index >= 15 is 0 Å². The minimum atomic E-state index is -0.0931. The van der Waals surface area contributed by atoms with Crippen molar-refractivity contribution in [2.45, 2.75) is 52.4 Å². The number of nitrogens with one attached hydrogen (secondary N) is 1. The van der Waals surface area contributed by atoms with Gasteiger partial charge in [-0.1, -0.05) is 34.1 Å². The SMILES string of the molecule is CCCCOc1cc(NCCCN(C)C)nc(C(C)(C)C)n1. The van der Waals surface area contributed by atoms with Crippen LogP contribution in [0, 0.1) is 0 Å². The Morgan fingerprint density at radius 3 is 2.50 bits per heavy atom. The second-order valence-electron chi connectivity index (χ2n) is 6.95. The van der Waals surface area contributed by atoms with E-state index in [9.17, 15) is 0 Å². The molecule has 0 unspecified atom stereocenters. The van der Waals surface area contributed by atoms with Gasteiger partial charge in [-0.25, -0.2) is 4.98 Å². The highest BCUT2D eigenvalue weighted by molar-refractivity contribution is 5.39. The molecule has 0 aliphatic carbocycles. The van der Waals surface area contributed by atoms with E-state index in [1.165, 1.54) is 0 Å². The van der Waals surface area contributed by atoms with Crippen LogP contribution < -0.4 is 10.1 Å². The number of rotatable bonds is 9. The molecule has 1 rings (SSSR count). The van der Waals surface area contributed by atoms with E-state index in [1.54, 1.807) is 0 Å². The maximum absolute atomic E-state index is 5.77. The Labute approximate surface area is 135 Å². The summed E-state index contributed by atoms with van der Waals surface area (Å²) < 4.78 is 5.77. The lowest BCUT2D eigenvalue weighted by molar-refractivity contribution is 0.294. The first kappa shape index (κ1) is 18.7. The molecule has 0 spiro atoms. The van der Waals surface area contributed by atoms with Gasteiger partial charge < -0.3 is 15.0 Å². The number of hydrogen-bond donors (Lipinski definition) is 1. The van der Waals surface area contributed by atoms with Crippen molar-refractivity contribution in [1.82, 2.24) is 14.9 Å². The maximum atomic E-state index is 5.77. The van der Waals surface area contributed by atoms with Gasteiger partial charge in [-0.05, 0) is 33.5 Å². The van der Waals surface area contributed by atoms with E-state index < -0.39 is 0 Å². The fourth-order valence-electron chi connectivity index (χ4n) is 1.86. The summed E-state index contributed by atoms with van der Waals surface area (Å²) in [6, 6.07) is 1.90. The van der Waals surface area contributed by atoms with Gasteiger partial charge in [0.25, 0.3) is 0 Å². The Kier molecular flexibility index (Phi) is 7.59. The molecular formula is C17H32N4O. The first-order valence-electron chi connectivity index (χ1n) is 8.24. The van der Waals surface area contributed by atoms with Gasteiger partial charge >= 0.3 is 0 Å². The average molecular weight is 308 g/mol. The number of aromatic nitrogens is 2. The van der Waals surface area contributed by atoms with Crippen LogP contribution >= 0.6 is 0 Å². The highest BCUT2D eigenvalue weighted by atomic mass is 16.5. The second kappa shape index (κ2) is 8.93. The Morgan fingerprint density at radius 2 is 1.91 bits per heavy atom. The fourth-order valence-corrected chi connectivity index (χ4v) is 1.86. The Bertz CT molecular complexity index is 441. The normalized spacial score (nSPS) is 11.8. The van der Waals surface area contributed by atoms with Crippen LogP contribution in [0.2, 0.25) is 0 Å². The molecular weight excluding hydrogens is 276 g/mol. The van der Waals surface area contributed by atoms with E-state index in [-0.39, 0.29) is 5.41 Å². The summed E-state index contributed by atoms with van der Waals surface area (Å²) in [5.74, 6) is 2.34. The fraction of sp³-hybridized carbons (Fsp3) is 0.765. The number of anilines is 1. The highest BCUT2D eigenvalue weighted by Crippen LogP contribution is 2.23. The van der Waals surface area contributed by atoms with E-state index in [0.717, 1.165) is 44.0 Å². The predicted molar refractivity (Wildman–Crippen MR) is 92.8 cm³/mol. The second-order valence-corrected chi connectivity index (χ2v) is 6.95. The van der Waals surface area contributed by atoms with Crippen LogP contribution in [-0.2, 0) is 5.41 Å². The zero-order chi connectivity index (χ0) is 16.6. The smallest absolute Gasteiger partial charge is 0.218 e. The van der Waals surface area contributed by atoms with Crippen LogP contribution in [0.15, 0.2) is 6.07 Å². The molecule has 1 N–H and O–H groups in total. The quantitative estimate of drug-likeness (QED) is 0.709. The summed E-state index contributed by atoms with van der Waals surface area (Å²) in [5, 5.41) is 3.39. The van der Waals surface area contributed by atoms with Crippen molar-refractivity contribution in [3.63, 3.8) is 0 Å². The van der Waals surface area contributed by atoms with Crippen molar-refractivity contribution in [3.05, 3.63) is 11.9 Å². The molecule has 0 fully saturated rings. The number of nitrogens with zero attached hydrogens (tertiary/aromatic N) is 3. The first-order valence-corrected chi connectivity index (χ1v) is 8.24. The van der Waals surface area contributed by atoms with E-state index in [2.05, 4.69) is 62.0 Å². The molecule has 0 aliphatic rings. The van der Waals surface area contributed by atoms with Gasteiger partial charge in [0.1, 0.15) is 11.6 Å². The number of ether oxygens (including phenoxy) is 1. The highest BCUT2D eigenvalue weighted by Gasteiger charge is 2.19. The molecule has 22 heavy (non-hydrogen) atoms. The van der Waals surface area contributed by atoms with Crippen LogP contribution in [0.4, 0.5) is 5.82 Å². The molecule has 0 radical (unpaired) electrons. The zero-order valence-electron chi connectivity index (χ0n) is 15.1. The molecule has 1 aromatic heterocycles. The lowest BCUT2D eigenvalue weighted by Gasteiger charge is -2.19. The van der Waals surface area contributed by atoms with Gasteiger partial charge in [-0.15, -0.1) is 0 Å². The van der Waals surface area contributed by atoms with Crippen molar-refractivity contribution >= 4 is 5.82 Å². The monoisotopic (exact) mass is 308 g/mol. The molecule has 5 nitrogen and oxygen atoms in total. The molecule has 0 atom stereocenters. The van der Waals surface area contributed by atoms with Gasteiger partial charge in [-0.3, -0.25) is 0 Å². The van der Waals surface area contributed by atoms with Crippen molar-refractivity contribution in [2.75, 3.05) is 39.1 Å². The Morgan fingerprint density at radius 1 is 1.18 bits per heavy atom. The lowest BCUT2D eigenvalue weighted by atomic mass is 9.96. The number of unbranched alkanes of at least 4 members (excludes halogenated alkanes) is 1. The standard InChI is InChI=1S/C17H32N4O/c1-7-8-12-22-15-13-14(18-10-9-11-21(5)6)19-16(20-15)17(2,3)4/h13H,7-12H2,1-6H3,(H,18,19,20). The number of hydrogen-bond acceptors (Lipinski definition) is 5. The van der Waals surface area contributed by atoms with Gasteiger partial charge in [0, 0.05) is 18.0 Å². The van der Waals surface area contributed by atoms with Crippen LogP contribution in [0.25, 0.3) is 0 Å². The molecule has 5 heteroatoms. The van der Waals surface area contributed by atoms with Crippen molar-refractivity contribution in [2.24, 2.45) is 0 Å². The molecule has 126 valence electrons. The van der Waals surface area contributed by atoms with E-state index in [4.69, 9.17) is 4.74 Å². The molecule has 0 aliphatic heterocycles. The Balaban J connectivity index is 2.74. The molecule has 0 amide bonds. The third kappa shape index (κ3) is 7.07. The van der Waals surface area contributed by atoms with Gasteiger partial charge in [0.2, 0.25) is 5.88 Å². The minimum absolute atomic E-state index is 0.0931. The third-order valence-electron chi connectivity index (χ3n) is 3.21. The topological polar surface area (TPSA) is 50.3 Å². The first-order chi connectivity index (χ1) is 10.3. The van der Waals surface area contributed by atoms with Crippen molar-refractivity contribution in [3.8, 4) is 5.88 Å². The largest absolute Gasteiger partial charge is 0.478 e. The third-order valence-corrected chi connectivity index (χ3v) is 3.21.